The van der Waals surface area contributed by atoms with E-state index in [-0.39, 0.29) is 17.6 Å². The van der Waals surface area contributed by atoms with E-state index in [1.165, 1.54) is 0 Å². The van der Waals surface area contributed by atoms with Crippen molar-refractivity contribution >= 4 is 0 Å². The maximum absolute atomic E-state index is 5.82. The Bertz CT molecular complexity index is 172. The minimum Gasteiger partial charge on any atom is -0.379 e. The van der Waals surface area contributed by atoms with Gasteiger partial charge in [-0.15, -0.1) is 0 Å². The van der Waals surface area contributed by atoms with Gasteiger partial charge in [-0.1, -0.05) is 6.42 Å². The first-order valence-electron chi connectivity index (χ1n) is 5.20. The summed E-state index contributed by atoms with van der Waals surface area (Å²) in [5.41, 5.74) is 11.5. The van der Waals surface area contributed by atoms with Gasteiger partial charge in [0.1, 0.15) is 0 Å². The highest BCUT2D eigenvalue weighted by molar-refractivity contribution is 4.97. The SMILES string of the molecule is COC1CCCC(CN)(CN)C1OC. The predicted octanol–water partition coefficient (Wildman–Crippen LogP) is 0.104. The summed E-state index contributed by atoms with van der Waals surface area (Å²) in [6, 6.07) is 0. The van der Waals surface area contributed by atoms with Crippen LogP contribution in [0.5, 0.6) is 0 Å². The molecule has 2 unspecified atom stereocenters. The van der Waals surface area contributed by atoms with E-state index in [2.05, 4.69) is 0 Å². The summed E-state index contributed by atoms with van der Waals surface area (Å²) >= 11 is 0. The summed E-state index contributed by atoms with van der Waals surface area (Å²) in [7, 11) is 3.43. The Labute approximate surface area is 85.9 Å². The summed E-state index contributed by atoms with van der Waals surface area (Å²) in [4.78, 5) is 0. The molecule has 4 N–H and O–H groups in total. The minimum absolute atomic E-state index is 0.0382. The molecule has 0 aliphatic heterocycles. The lowest BCUT2D eigenvalue weighted by molar-refractivity contribution is -0.122. The molecule has 1 saturated carbocycles. The number of methoxy groups -OCH3 is 2. The molecule has 1 rings (SSSR count). The lowest BCUT2D eigenvalue weighted by atomic mass is 9.70. The van der Waals surface area contributed by atoms with Crippen molar-refractivity contribution in [1.29, 1.82) is 0 Å². The van der Waals surface area contributed by atoms with Crippen molar-refractivity contribution < 1.29 is 9.47 Å². The molecule has 0 aromatic carbocycles. The quantitative estimate of drug-likeness (QED) is 0.678. The molecule has 14 heavy (non-hydrogen) atoms. The van der Waals surface area contributed by atoms with E-state index < -0.39 is 0 Å². The highest BCUT2D eigenvalue weighted by Gasteiger charge is 2.44. The second-order valence-electron chi connectivity index (χ2n) is 4.09. The standard InChI is InChI=1S/C10H22N2O2/c1-13-8-4-3-5-10(6-11,7-12)9(8)14-2/h8-9H,3-7,11-12H2,1-2H3. The molecule has 4 heteroatoms. The third-order valence-electron chi connectivity index (χ3n) is 3.47. The first-order valence-corrected chi connectivity index (χ1v) is 5.20. The van der Waals surface area contributed by atoms with Gasteiger partial charge in [0.2, 0.25) is 0 Å². The highest BCUT2D eigenvalue weighted by Crippen LogP contribution is 2.37. The lowest BCUT2D eigenvalue weighted by Crippen LogP contribution is -2.56. The second kappa shape index (κ2) is 5.07. The molecule has 0 amide bonds. The molecule has 0 heterocycles. The van der Waals surface area contributed by atoms with Crippen LogP contribution in [0.4, 0.5) is 0 Å². The topological polar surface area (TPSA) is 70.5 Å². The highest BCUT2D eigenvalue weighted by atomic mass is 16.5. The monoisotopic (exact) mass is 202 g/mol. The number of hydrogen-bond donors (Lipinski definition) is 2. The zero-order valence-corrected chi connectivity index (χ0v) is 9.16. The first-order chi connectivity index (χ1) is 6.74. The van der Waals surface area contributed by atoms with Crippen molar-refractivity contribution in [2.45, 2.75) is 31.5 Å². The van der Waals surface area contributed by atoms with Crippen LogP contribution in [0, 0.1) is 5.41 Å². The van der Waals surface area contributed by atoms with E-state index in [1.807, 2.05) is 0 Å². The van der Waals surface area contributed by atoms with Gasteiger partial charge < -0.3 is 20.9 Å². The Kier molecular flexibility index (Phi) is 4.31. The van der Waals surface area contributed by atoms with Crippen molar-refractivity contribution in [1.82, 2.24) is 0 Å². The van der Waals surface area contributed by atoms with Crippen molar-refractivity contribution in [3.05, 3.63) is 0 Å². The molecule has 0 radical (unpaired) electrons. The molecular formula is C10H22N2O2. The second-order valence-corrected chi connectivity index (χ2v) is 4.09. The fourth-order valence-corrected chi connectivity index (χ4v) is 2.51. The van der Waals surface area contributed by atoms with Gasteiger partial charge in [0, 0.05) is 32.7 Å². The van der Waals surface area contributed by atoms with E-state index in [0.29, 0.717) is 13.1 Å². The molecule has 0 saturated heterocycles. The summed E-state index contributed by atoms with van der Waals surface area (Å²) in [5.74, 6) is 0. The first kappa shape index (κ1) is 11.9. The Morgan fingerprint density at radius 3 is 2.29 bits per heavy atom. The number of rotatable bonds is 4. The van der Waals surface area contributed by atoms with Gasteiger partial charge in [-0.3, -0.25) is 0 Å². The molecule has 2 atom stereocenters. The Morgan fingerprint density at radius 2 is 1.86 bits per heavy atom. The summed E-state index contributed by atoms with van der Waals surface area (Å²) in [6.45, 7) is 1.14. The number of ether oxygens (including phenoxy) is 2. The predicted molar refractivity (Wildman–Crippen MR) is 56.0 cm³/mol. The average molecular weight is 202 g/mol. The summed E-state index contributed by atoms with van der Waals surface area (Å²) in [6.07, 6.45) is 3.37. The van der Waals surface area contributed by atoms with E-state index >= 15 is 0 Å². The zero-order chi connectivity index (χ0) is 10.6. The van der Waals surface area contributed by atoms with Gasteiger partial charge in [0.25, 0.3) is 0 Å². The third kappa shape index (κ3) is 1.93. The molecule has 1 fully saturated rings. The Morgan fingerprint density at radius 1 is 1.21 bits per heavy atom. The van der Waals surface area contributed by atoms with Gasteiger partial charge in [-0.05, 0) is 12.8 Å². The molecule has 0 aromatic rings. The largest absolute Gasteiger partial charge is 0.379 e. The molecule has 1 aliphatic carbocycles. The molecule has 0 bridgehead atoms. The summed E-state index contributed by atoms with van der Waals surface area (Å²) in [5, 5.41) is 0. The van der Waals surface area contributed by atoms with Crippen LogP contribution in [-0.2, 0) is 9.47 Å². The van der Waals surface area contributed by atoms with Gasteiger partial charge >= 0.3 is 0 Å². The molecule has 1 aliphatic rings. The minimum atomic E-state index is -0.0896. The van der Waals surface area contributed by atoms with E-state index in [4.69, 9.17) is 20.9 Å². The van der Waals surface area contributed by atoms with Crippen LogP contribution in [0.1, 0.15) is 19.3 Å². The molecule has 84 valence electrons. The van der Waals surface area contributed by atoms with Gasteiger partial charge in [0.05, 0.1) is 12.2 Å². The molecule has 4 nitrogen and oxygen atoms in total. The van der Waals surface area contributed by atoms with Crippen LogP contribution >= 0.6 is 0 Å². The van der Waals surface area contributed by atoms with Crippen LogP contribution in [-0.4, -0.2) is 39.5 Å². The lowest BCUT2D eigenvalue weighted by Gasteiger charge is -2.45. The maximum atomic E-state index is 5.82. The van der Waals surface area contributed by atoms with E-state index in [9.17, 15) is 0 Å². The maximum Gasteiger partial charge on any atom is 0.0912 e. The van der Waals surface area contributed by atoms with Gasteiger partial charge in [0.15, 0.2) is 0 Å². The van der Waals surface area contributed by atoms with Crippen molar-refractivity contribution in [2.75, 3.05) is 27.3 Å². The Balaban J connectivity index is 2.80. The molecular weight excluding hydrogens is 180 g/mol. The number of hydrogen-bond acceptors (Lipinski definition) is 4. The van der Waals surface area contributed by atoms with Crippen molar-refractivity contribution in [3.63, 3.8) is 0 Å². The zero-order valence-electron chi connectivity index (χ0n) is 9.16. The Hall–Kier alpha value is -0.160. The average Bonchev–Trinajstić information content (AvgIpc) is 2.27. The van der Waals surface area contributed by atoms with Gasteiger partial charge in [-0.25, -0.2) is 0 Å². The van der Waals surface area contributed by atoms with Crippen molar-refractivity contribution in [3.8, 4) is 0 Å². The van der Waals surface area contributed by atoms with Crippen LogP contribution in [0.15, 0.2) is 0 Å². The van der Waals surface area contributed by atoms with E-state index in [0.717, 1.165) is 19.3 Å². The van der Waals surface area contributed by atoms with Crippen LogP contribution in [0.25, 0.3) is 0 Å². The van der Waals surface area contributed by atoms with Gasteiger partial charge in [-0.2, -0.15) is 0 Å². The fourth-order valence-electron chi connectivity index (χ4n) is 2.51. The normalized spacial score (nSPS) is 31.7. The van der Waals surface area contributed by atoms with Crippen LogP contribution in [0.3, 0.4) is 0 Å². The summed E-state index contributed by atoms with van der Waals surface area (Å²) < 4.78 is 10.9. The van der Waals surface area contributed by atoms with Crippen molar-refractivity contribution in [2.24, 2.45) is 16.9 Å². The van der Waals surface area contributed by atoms with Crippen LogP contribution < -0.4 is 11.5 Å². The van der Waals surface area contributed by atoms with Crippen LogP contribution in [0.2, 0.25) is 0 Å². The molecule has 0 aromatic heterocycles. The smallest absolute Gasteiger partial charge is 0.0912 e. The van der Waals surface area contributed by atoms with E-state index in [1.54, 1.807) is 14.2 Å². The number of nitrogens with two attached hydrogens (primary N) is 2. The fraction of sp³-hybridized carbons (Fsp3) is 1.00. The third-order valence-corrected chi connectivity index (χ3v) is 3.47. The molecule has 0 spiro atoms.